The number of carboxylic acid groups (broad SMARTS) is 1. The average Bonchev–Trinajstić information content (AvgIpc) is 3.02. The minimum absolute atomic E-state index is 0.268. The summed E-state index contributed by atoms with van der Waals surface area (Å²) in [6.45, 7) is 1.87. The second kappa shape index (κ2) is 8.54. The molecule has 1 aliphatic heterocycles. The lowest BCUT2D eigenvalue weighted by molar-refractivity contribution is -0.159. The van der Waals surface area contributed by atoms with Crippen LogP contribution in [0, 0.1) is 0 Å². The van der Waals surface area contributed by atoms with Gasteiger partial charge in [0.05, 0.1) is 6.04 Å². The summed E-state index contributed by atoms with van der Waals surface area (Å²) in [5.74, 6) is -1.20. The second-order valence-corrected chi connectivity index (χ2v) is 7.58. The van der Waals surface area contributed by atoms with Crippen LogP contribution in [0.25, 0.3) is 11.1 Å². The Hall–Kier alpha value is -3.14. The normalized spacial score (nSPS) is 20.2. The van der Waals surface area contributed by atoms with Gasteiger partial charge in [-0.1, -0.05) is 24.3 Å². The number of pyridine rings is 1. The van der Waals surface area contributed by atoms with Gasteiger partial charge in [0.1, 0.15) is 24.3 Å². The maximum atomic E-state index is 13.8. The lowest BCUT2D eigenvalue weighted by Gasteiger charge is -2.32. The first-order valence-electron chi connectivity index (χ1n) is 9.45. The Morgan fingerprint density at radius 2 is 1.81 bits per heavy atom. The molecule has 2 heterocycles. The number of carbonyl (C=O) groups excluding carboxylic acids is 1. The van der Waals surface area contributed by atoms with E-state index in [2.05, 4.69) is 4.98 Å². The van der Waals surface area contributed by atoms with Crippen molar-refractivity contribution in [3.63, 3.8) is 0 Å². The van der Waals surface area contributed by atoms with Gasteiger partial charge in [-0.15, -0.1) is 0 Å². The number of hydrogen-bond acceptors (Lipinski definition) is 4. The van der Waals surface area contributed by atoms with Crippen LogP contribution in [0.4, 0.5) is 23.8 Å². The fourth-order valence-corrected chi connectivity index (χ4v) is 3.67. The summed E-state index contributed by atoms with van der Waals surface area (Å²) in [5, 5.41) is 9.00. The highest BCUT2D eigenvalue weighted by Crippen LogP contribution is 2.42. The van der Waals surface area contributed by atoms with E-state index in [1.54, 1.807) is 36.4 Å². The van der Waals surface area contributed by atoms with Crippen LogP contribution >= 0.6 is 0 Å². The molecule has 3 rings (SSSR count). The Morgan fingerprint density at radius 1 is 1.19 bits per heavy atom. The minimum Gasteiger partial charge on any atom is -0.465 e. The van der Waals surface area contributed by atoms with Gasteiger partial charge in [-0.25, -0.2) is 14.2 Å². The van der Waals surface area contributed by atoms with E-state index in [0.717, 1.165) is 20.9 Å². The molecular weight excluding hydrogens is 415 g/mol. The van der Waals surface area contributed by atoms with Crippen molar-refractivity contribution in [2.24, 2.45) is 0 Å². The molecule has 2 atom stereocenters. The minimum atomic E-state index is -3.26. The highest BCUT2D eigenvalue weighted by Gasteiger charge is 2.52. The van der Waals surface area contributed by atoms with Crippen LogP contribution in [-0.2, 0) is 9.53 Å². The number of ether oxygens (including phenoxy) is 1. The van der Waals surface area contributed by atoms with Gasteiger partial charge in [0, 0.05) is 18.8 Å². The molecule has 166 valence electrons. The highest BCUT2D eigenvalue weighted by molar-refractivity contribution is 5.84. The molecule has 0 aliphatic carbocycles. The smallest absolute Gasteiger partial charge is 0.412 e. The van der Waals surface area contributed by atoms with Crippen molar-refractivity contribution in [2.75, 3.05) is 18.6 Å². The quantitative estimate of drug-likeness (QED) is 0.762. The number of benzene rings is 1. The Labute approximate surface area is 177 Å². The third kappa shape index (κ3) is 4.34. The zero-order chi connectivity index (χ0) is 22.9. The molecule has 0 unspecified atom stereocenters. The number of carbonyl (C=O) groups is 2. The topological polar surface area (TPSA) is 83.0 Å². The molecule has 1 saturated heterocycles. The monoisotopic (exact) mass is 437 g/mol. The molecule has 10 heteroatoms. The summed E-state index contributed by atoms with van der Waals surface area (Å²) in [7, 11) is 1.38. The molecular formula is C21H22F3N3O4. The average molecular weight is 437 g/mol. The number of hydrogen-bond donors (Lipinski definition) is 1. The summed E-state index contributed by atoms with van der Waals surface area (Å²) in [5.41, 5.74) is 0.636. The van der Waals surface area contributed by atoms with E-state index in [0.29, 0.717) is 5.56 Å². The number of amides is 2. The fraction of sp³-hybridized carbons (Fsp3) is 0.381. The Bertz CT molecular complexity index is 951. The van der Waals surface area contributed by atoms with E-state index in [-0.39, 0.29) is 5.82 Å². The van der Waals surface area contributed by atoms with Gasteiger partial charge in [-0.2, -0.15) is 8.78 Å². The molecule has 0 spiro atoms. The van der Waals surface area contributed by atoms with Crippen molar-refractivity contribution < 1.29 is 32.6 Å². The van der Waals surface area contributed by atoms with Crippen molar-refractivity contribution in [1.29, 1.82) is 0 Å². The molecule has 1 aromatic carbocycles. The van der Waals surface area contributed by atoms with Gasteiger partial charge in [-0.05, 0) is 37.1 Å². The van der Waals surface area contributed by atoms with Crippen LogP contribution in [0.5, 0.6) is 0 Å². The summed E-state index contributed by atoms with van der Waals surface area (Å²) in [4.78, 5) is 28.8. The van der Waals surface area contributed by atoms with Crippen molar-refractivity contribution in [3.8, 4) is 11.1 Å². The number of aromatic nitrogens is 1. The Morgan fingerprint density at radius 3 is 2.29 bits per heavy atom. The largest absolute Gasteiger partial charge is 0.465 e. The van der Waals surface area contributed by atoms with Gasteiger partial charge in [-0.3, -0.25) is 9.69 Å². The van der Waals surface area contributed by atoms with E-state index >= 15 is 0 Å². The van der Waals surface area contributed by atoms with Crippen molar-refractivity contribution >= 4 is 17.8 Å². The molecule has 0 radical (unpaired) electrons. The van der Waals surface area contributed by atoms with Crippen LogP contribution < -0.4 is 4.90 Å². The van der Waals surface area contributed by atoms with Crippen LogP contribution in [-0.4, -0.2) is 58.9 Å². The Kier molecular flexibility index (Phi) is 6.21. The first-order valence-corrected chi connectivity index (χ1v) is 9.45. The van der Waals surface area contributed by atoms with Crippen molar-refractivity contribution in [2.45, 2.75) is 38.1 Å². The number of alkyl halides is 3. The summed E-state index contributed by atoms with van der Waals surface area (Å²) in [6, 6.07) is 8.91. The first-order chi connectivity index (χ1) is 14.6. The lowest BCUT2D eigenvalue weighted by Crippen LogP contribution is -2.51. The molecule has 0 saturated carbocycles. The SMILES string of the molecule is CN(C(=O)O)c1ccc(-c2ccc([C@H]3OC(C)(C)N(C(=O)C(F)F)[C@@H]3CF)cc2)cn1. The molecule has 1 fully saturated rings. The summed E-state index contributed by atoms with van der Waals surface area (Å²) < 4.78 is 45.6. The van der Waals surface area contributed by atoms with Gasteiger partial charge in [0.15, 0.2) is 0 Å². The molecule has 2 aromatic rings. The summed E-state index contributed by atoms with van der Waals surface area (Å²) >= 11 is 0. The van der Waals surface area contributed by atoms with Gasteiger partial charge in [0.25, 0.3) is 5.91 Å². The predicted octanol–water partition coefficient (Wildman–Crippen LogP) is 4.10. The molecule has 7 nitrogen and oxygen atoms in total. The number of anilines is 1. The standard InChI is InChI=1S/C21H22F3N3O4/c1-21(2)27(19(28)18(23)24)15(10-22)17(31-21)13-6-4-12(5-7-13)14-8-9-16(25-11-14)26(3)20(29)30/h4-9,11,15,17-18H,10H2,1-3H3,(H,29,30)/t15-,17-/m1/s1. The van der Waals surface area contributed by atoms with Gasteiger partial charge < -0.3 is 14.7 Å². The van der Waals surface area contributed by atoms with Gasteiger partial charge >= 0.3 is 12.5 Å². The predicted molar refractivity (Wildman–Crippen MR) is 107 cm³/mol. The number of nitrogens with zero attached hydrogens (tertiary/aromatic N) is 3. The van der Waals surface area contributed by atoms with Crippen LogP contribution in [0.2, 0.25) is 0 Å². The van der Waals surface area contributed by atoms with E-state index in [4.69, 9.17) is 9.84 Å². The third-order valence-corrected chi connectivity index (χ3v) is 5.21. The van der Waals surface area contributed by atoms with Crippen molar-refractivity contribution in [3.05, 3.63) is 48.2 Å². The molecule has 2 amide bonds. The number of halogens is 3. The third-order valence-electron chi connectivity index (χ3n) is 5.21. The molecule has 31 heavy (non-hydrogen) atoms. The van der Waals surface area contributed by atoms with Crippen LogP contribution in [0.3, 0.4) is 0 Å². The number of rotatable bonds is 5. The zero-order valence-electron chi connectivity index (χ0n) is 17.1. The van der Waals surface area contributed by atoms with Crippen LogP contribution in [0.15, 0.2) is 42.6 Å². The summed E-state index contributed by atoms with van der Waals surface area (Å²) in [6.07, 6.45) is -3.77. The maximum absolute atomic E-state index is 13.8. The molecule has 1 N–H and O–H groups in total. The fourth-order valence-electron chi connectivity index (χ4n) is 3.67. The Balaban J connectivity index is 1.84. The van der Waals surface area contributed by atoms with Crippen LogP contribution in [0.1, 0.15) is 25.5 Å². The zero-order valence-corrected chi connectivity index (χ0v) is 17.1. The lowest BCUT2D eigenvalue weighted by atomic mass is 9.99. The molecule has 1 aliphatic rings. The molecule has 0 bridgehead atoms. The highest BCUT2D eigenvalue weighted by atomic mass is 19.3. The second-order valence-electron chi connectivity index (χ2n) is 7.58. The van der Waals surface area contributed by atoms with E-state index < -0.39 is 43.0 Å². The van der Waals surface area contributed by atoms with E-state index in [1.807, 2.05) is 0 Å². The molecule has 1 aromatic heterocycles. The maximum Gasteiger partial charge on any atom is 0.412 e. The van der Waals surface area contributed by atoms with Gasteiger partial charge in [0.2, 0.25) is 0 Å². The van der Waals surface area contributed by atoms with E-state index in [1.165, 1.54) is 27.1 Å². The van der Waals surface area contributed by atoms with Crippen molar-refractivity contribution in [1.82, 2.24) is 9.88 Å². The first kappa shape index (κ1) is 22.5. The van der Waals surface area contributed by atoms with E-state index in [9.17, 15) is 22.8 Å².